The van der Waals surface area contributed by atoms with Crippen molar-refractivity contribution in [1.82, 2.24) is 10.6 Å². The monoisotopic (exact) mass is 278 g/mol. The van der Waals surface area contributed by atoms with Crippen molar-refractivity contribution in [2.75, 3.05) is 7.05 Å². The Morgan fingerprint density at radius 2 is 2.00 bits per heavy atom. The predicted molar refractivity (Wildman–Crippen MR) is 83.2 cm³/mol. The second-order valence-corrected chi connectivity index (χ2v) is 4.34. The molecule has 1 rings (SSSR count). The number of nitrogens with one attached hydrogen (secondary N) is 2. The van der Waals surface area contributed by atoms with Crippen LogP contribution in [0.1, 0.15) is 40.0 Å². The molecule has 112 valence electrons. The summed E-state index contributed by atoms with van der Waals surface area (Å²) >= 11 is 0. The molecule has 4 heteroatoms. The third kappa shape index (κ3) is 4.08. The highest BCUT2D eigenvalue weighted by atomic mass is 16.2. The number of amides is 2. The Morgan fingerprint density at radius 3 is 2.45 bits per heavy atom. The van der Waals surface area contributed by atoms with Gasteiger partial charge in [-0.1, -0.05) is 38.7 Å². The van der Waals surface area contributed by atoms with Crippen LogP contribution in [0, 0.1) is 0 Å². The Bertz CT molecular complexity index is 411. The van der Waals surface area contributed by atoms with Crippen molar-refractivity contribution in [2.24, 2.45) is 0 Å². The maximum Gasteiger partial charge on any atom is 0.245 e. The highest BCUT2D eigenvalue weighted by Crippen LogP contribution is 2.36. The van der Waals surface area contributed by atoms with Gasteiger partial charge in [-0.25, -0.2) is 0 Å². The van der Waals surface area contributed by atoms with Crippen molar-refractivity contribution in [1.29, 1.82) is 0 Å². The van der Waals surface area contributed by atoms with Crippen molar-refractivity contribution >= 4 is 12.3 Å². The molecule has 0 bridgehead atoms. The Morgan fingerprint density at radius 1 is 1.35 bits per heavy atom. The van der Waals surface area contributed by atoms with Gasteiger partial charge in [0.15, 0.2) is 0 Å². The van der Waals surface area contributed by atoms with Crippen molar-refractivity contribution in [2.45, 2.75) is 45.6 Å². The zero-order valence-electron chi connectivity index (χ0n) is 13.0. The fourth-order valence-corrected chi connectivity index (χ4v) is 2.41. The van der Waals surface area contributed by atoms with E-state index in [1.54, 1.807) is 13.1 Å². The summed E-state index contributed by atoms with van der Waals surface area (Å²) in [6.45, 7) is 9.67. The van der Waals surface area contributed by atoms with E-state index in [1.807, 2.05) is 32.9 Å². The first-order chi connectivity index (χ1) is 9.63. The van der Waals surface area contributed by atoms with Crippen LogP contribution in [0.25, 0.3) is 0 Å². The first-order valence-electron chi connectivity index (χ1n) is 7.04. The van der Waals surface area contributed by atoms with Crippen molar-refractivity contribution < 1.29 is 9.59 Å². The summed E-state index contributed by atoms with van der Waals surface area (Å²) in [5, 5.41) is 5.31. The fourth-order valence-electron chi connectivity index (χ4n) is 2.41. The van der Waals surface area contributed by atoms with E-state index in [9.17, 15) is 9.59 Å². The molecule has 2 amide bonds. The van der Waals surface area contributed by atoms with E-state index < -0.39 is 5.54 Å². The van der Waals surface area contributed by atoms with Crippen LogP contribution in [0.5, 0.6) is 0 Å². The summed E-state index contributed by atoms with van der Waals surface area (Å²) in [6, 6.07) is 0. The Hall–Kier alpha value is -1.84. The van der Waals surface area contributed by atoms with Crippen molar-refractivity contribution in [3.8, 4) is 0 Å². The van der Waals surface area contributed by atoms with Gasteiger partial charge < -0.3 is 10.6 Å². The Balaban J connectivity index is 0.00000172. The minimum absolute atomic E-state index is 0.153. The predicted octanol–water partition coefficient (Wildman–Crippen LogP) is 2.49. The molecule has 2 N–H and O–H groups in total. The molecule has 0 aromatic heterocycles. The number of carbonyl (C=O) groups is 2. The van der Waals surface area contributed by atoms with Gasteiger partial charge in [-0.15, -0.1) is 0 Å². The van der Waals surface area contributed by atoms with Gasteiger partial charge in [-0.2, -0.15) is 0 Å². The van der Waals surface area contributed by atoms with E-state index in [1.165, 1.54) is 5.57 Å². The fraction of sp³-hybridized carbons (Fsp3) is 0.500. The molecule has 0 aromatic rings. The molecule has 0 aromatic carbocycles. The summed E-state index contributed by atoms with van der Waals surface area (Å²) in [6.07, 6.45) is 8.13. The van der Waals surface area contributed by atoms with E-state index in [0.29, 0.717) is 19.3 Å². The summed E-state index contributed by atoms with van der Waals surface area (Å²) < 4.78 is 0. The lowest BCUT2D eigenvalue weighted by Crippen LogP contribution is -2.57. The van der Waals surface area contributed by atoms with E-state index in [-0.39, 0.29) is 5.91 Å². The number of rotatable bonds is 4. The molecule has 1 aliphatic carbocycles. The molecule has 4 nitrogen and oxygen atoms in total. The van der Waals surface area contributed by atoms with E-state index in [4.69, 9.17) is 0 Å². The molecular formula is C16H26N2O2. The minimum Gasteiger partial charge on any atom is -0.357 e. The summed E-state index contributed by atoms with van der Waals surface area (Å²) in [5.41, 5.74) is 1.43. The Kier molecular flexibility index (Phi) is 8.29. The number of carbonyl (C=O) groups excluding carboxylic acids is 2. The third-order valence-corrected chi connectivity index (χ3v) is 3.39. The van der Waals surface area contributed by atoms with Gasteiger partial charge in [0.2, 0.25) is 12.3 Å². The van der Waals surface area contributed by atoms with Crippen LogP contribution in [0.4, 0.5) is 0 Å². The van der Waals surface area contributed by atoms with Crippen LogP contribution in [-0.2, 0) is 9.59 Å². The molecule has 0 radical (unpaired) electrons. The molecule has 0 heterocycles. The molecule has 0 aliphatic heterocycles. The zero-order chi connectivity index (χ0) is 15.6. The normalized spacial score (nSPS) is 25.4. The molecule has 20 heavy (non-hydrogen) atoms. The van der Waals surface area contributed by atoms with Crippen LogP contribution in [0.2, 0.25) is 0 Å². The lowest BCUT2D eigenvalue weighted by Gasteiger charge is -2.37. The van der Waals surface area contributed by atoms with Crippen LogP contribution in [0.15, 0.2) is 36.0 Å². The van der Waals surface area contributed by atoms with Gasteiger partial charge in [0, 0.05) is 13.5 Å². The number of likely N-dealkylation sites (N-methyl/N-ethyl adjacent to an activating group) is 1. The largest absolute Gasteiger partial charge is 0.357 e. The maximum atomic E-state index is 12.0. The zero-order valence-corrected chi connectivity index (χ0v) is 13.0. The number of hydrogen-bond donors (Lipinski definition) is 2. The van der Waals surface area contributed by atoms with Gasteiger partial charge >= 0.3 is 0 Å². The average molecular weight is 278 g/mol. The molecule has 0 spiro atoms. The standard InChI is InChI=1S/C14H20N2O2.C2H6/c1-4-6-12-9-14(16-10-17,13(18)15-3)8-7-11(12)5-2;1-2/h4-6,10H,1,7-9H2,2-3H3,(H,15,18)(H,16,17);1-2H3/b11-5-,12-6-;. The SMILES string of the molecule is C=C/C=C1/CC(NC=O)(C(=O)NC)CC/C1=C/C.CC. The lowest BCUT2D eigenvalue weighted by atomic mass is 9.75. The van der Waals surface area contributed by atoms with E-state index in [2.05, 4.69) is 17.2 Å². The van der Waals surface area contributed by atoms with Gasteiger partial charge in [0.1, 0.15) is 5.54 Å². The lowest BCUT2D eigenvalue weighted by molar-refractivity contribution is -0.130. The van der Waals surface area contributed by atoms with Crippen LogP contribution in [-0.4, -0.2) is 24.9 Å². The van der Waals surface area contributed by atoms with E-state index in [0.717, 1.165) is 12.0 Å². The quantitative estimate of drug-likeness (QED) is 0.776. The molecule has 1 atom stereocenters. The molecule has 1 aliphatic rings. The summed E-state index contributed by atoms with van der Waals surface area (Å²) in [5.74, 6) is -0.153. The molecule has 1 fully saturated rings. The number of hydrogen-bond acceptors (Lipinski definition) is 2. The van der Waals surface area contributed by atoms with Gasteiger partial charge in [-0.3, -0.25) is 9.59 Å². The summed E-state index contributed by atoms with van der Waals surface area (Å²) in [7, 11) is 1.58. The average Bonchev–Trinajstić information content (AvgIpc) is 2.49. The second-order valence-electron chi connectivity index (χ2n) is 4.34. The molecular weight excluding hydrogens is 252 g/mol. The smallest absolute Gasteiger partial charge is 0.245 e. The first-order valence-corrected chi connectivity index (χ1v) is 7.04. The van der Waals surface area contributed by atoms with Crippen LogP contribution < -0.4 is 10.6 Å². The van der Waals surface area contributed by atoms with Crippen molar-refractivity contribution in [3.05, 3.63) is 36.0 Å². The maximum absolute atomic E-state index is 12.0. The number of allylic oxidation sites excluding steroid dienone is 4. The topological polar surface area (TPSA) is 58.2 Å². The highest BCUT2D eigenvalue weighted by Gasteiger charge is 2.41. The van der Waals surface area contributed by atoms with E-state index >= 15 is 0 Å². The second kappa shape index (κ2) is 9.13. The van der Waals surface area contributed by atoms with Crippen molar-refractivity contribution in [3.63, 3.8) is 0 Å². The molecule has 0 saturated heterocycles. The molecule has 1 saturated carbocycles. The first kappa shape index (κ1) is 18.2. The van der Waals surface area contributed by atoms with Crippen LogP contribution in [0.3, 0.4) is 0 Å². The van der Waals surface area contributed by atoms with Gasteiger partial charge in [0.05, 0.1) is 0 Å². The van der Waals surface area contributed by atoms with Gasteiger partial charge in [0.25, 0.3) is 0 Å². The summed E-state index contributed by atoms with van der Waals surface area (Å²) in [4.78, 5) is 22.8. The third-order valence-electron chi connectivity index (χ3n) is 3.39. The van der Waals surface area contributed by atoms with Crippen LogP contribution >= 0.6 is 0 Å². The van der Waals surface area contributed by atoms with Gasteiger partial charge in [-0.05, 0) is 30.9 Å². The highest BCUT2D eigenvalue weighted by molar-refractivity contribution is 5.89. The Labute approximate surface area is 122 Å². The molecule has 1 unspecified atom stereocenters. The minimum atomic E-state index is -0.835.